The SMILES string of the molecule is CCOc1cc(C(=O)N(C)Cc2ccc3cn[nH]c3c2)ccc1-n1cccn1.CCOc1cc(C(=O)O)ccc1-n1cccn1.CCOc1cc(C(=O)OC)ccc1-n1cccn1.CCOc1cc(C(=O)OC)ccc1Br.CNCc1ccc2cn[nH]c2c1.c1cn[nH]c1. The first-order chi connectivity index (χ1) is 45.7. The molecule has 25 nitrogen and oxygen atoms in total. The van der Waals surface area contributed by atoms with Crippen molar-refractivity contribution in [3.63, 3.8) is 0 Å². The van der Waals surface area contributed by atoms with Crippen molar-refractivity contribution >= 4 is 61.6 Å². The van der Waals surface area contributed by atoms with Crippen LogP contribution in [0.3, 0.4) is 0 Å². The number of rotatable bonds is 19. The number of benzene rings is 6. The van der Waals surface area contributed by atoms with E-state index in [1.165, 1.54) is 31.9 Å². The molecule has 0 unspecified atom stereocenters. The predicted molar refractivity (Wildman–Crippen MR) is 358 cm³/mol. The molecule has 0 saturated carbocycles. The quantitative estimate of drug-likeness (QED) is 0.0470. The normalized spacial score (nSPS) is 10.3. The topological polar surface area (TPSA) is 299 Å². The standard InChI is InChI=1S/C21H21N5O2.C13H14N2O3.C12H12N2O3.C10H11BrO3.C9H11N3.C3H4N2/c1-3-28-20-12-16(7-8-19(20)26-10-4-9-23-26)21(27)25(2)14-15-5-6-17-13-22-24-18(17)11-15;1-3-18-12-9-10(13(16)17-2)5-6-11(12)15-8-4-7-14-15;1-2-17-11-8-9(12(15)16)4-5-10(11)14-7-3-6-13-14;1-3-14-9-6-7(10(12)13-2)4-5-8(9)11;1-10-5-7-2-3-8-6-11-12-9(8)4-7;1-2-4-5-3-1/h4-13H,3,14H2,1-2H3,(H,22,24);4-9H,3H2,1-2H3;3-8H,2H2,1H3,(H,15,16);4-6H,3H2,1-2H3;2-4,6,10H,5H2,1H3,(H,11,12);1-3H,(H,4,5). The fourth-order valence-corrected chi connectivity index (χ4v) is 9.21. The number of aromatic amines is 3. The minimum Gasteiger partial charge on any atom is -0.493 e. The van der Waals surface area contributed by atoms with Crippen LogP contribution in [0.4, 0.5) is 0 Å². The Balaban J connectivity index is 0.000000168. The first-order valence-corrected chi connectivity index (χ1v) is 30.3. The van der Waals surface area contributed by atoms with Crippen LogP contribution in [0.5, 0.6) is 23.0 Å². The lowest BCUT2D eigenvalue weighted by molar-refractivity contribution is 0.0591. The van der Waals surface area contributed by atoms with Crippen molar-refractivity contribution in [2.75, 3.05) is 54.7 Å². The number of fused-ring (bicyclic) bond motifs is 2. The Bertz CT molecular complexity index is 4250. The van der Waals surface area contributed by atoms with Gasteiger partial charge in [-0.05, 0) is 171 Å². The van der Waals surface area contributed by atoms with E-state index in [1.54, 1.807) is 130 Å². The lowest BCUT2D eigenvalue weighted by atomic mass is 10.1. The minimum absolute atomic E-state index is 0.0716. The number of H-pyrrole nitrogens is 3. The number of hydrogen-bond donors (Lipinski definition) is 5. The molecule has 6 aromatic heterocycles. The molecule has 0 atom stereocenters. The highest BCUT2D eigenvalue weighted by atomic mass is 79.9. The molecule has 1 amide bonds. The number of carbonyl (C=O) groups excluding carboxylic acids is 3. The Hall–Kier alpha value is -11.4. The number of esters is 2. The number of nitrogens with zero attached hydrogens (tertiary/aromatic N) is 10. The number of amides is 1. The molecule has 0 radical (unpaired) electrons. The summed E-state index contributed by atoms with van der Waals surface area (Å²) in [6.45, 7) is 11.0. The molecule has 0 saturated heterocycles. The van der Waals surface area contributed by atoms with Crippen molar-refractivity contribution in [2.24, 2.45) is 0 Å². The molecule has 488 valence electrons. The van der Waals surface area contributed by atoms with Gasteiger partial charge in [0.15, 0.2) is 0 Å². The molecule has 0 aliphatic carbocycles. The van der Waals surface area contributed by atoms with Crippen molar-refractivity contribution in [3.8, 4) is 40.1 Å². The number of halogens is 1. The number of ether oxygens (including phenoxy) is 6. The molecule has 12 aromatic rings. The Morgan fingerprint density at radius 3 is 1.39 bits per heavy atom. The van der Waals surface area contributed by atoms with Gasteiger partial charge in [-0.25, -0.2) is 28.4 Å². The molecule has 0 spiro atoms. The van der Waals surface area contributed by atoms with Crippen LogP contribution in [-0.2, 0) is 22.6 Å². The second-order valence-corrected chi connectivity index (χ2v) is 20.5. The molecule has 6 aromatic carbocycles. The van der Waals surface area contributed by atoms with Crippen molar-refractivity contribution in [1.29, 1.82) is 0 Å². The smallest absolute Gasteiger partial charge is 0.337 e. The summed E-state index contributed by atoms with van der Waals surface area (Å²) >= 11 is 3.33. The van der Waals surface area contributed by atoms with Gasteiger partial charge in [0.1, 0.15) is 40.1 Å². The van der Waals surface area contributed by atoms with Gasteiger partial charge in [-0.1, -0.05) is 24.3 Å². The van der Waals surface area contributed by atoms with E-state index in [1.807, 2.05) is 95.8 Å². The molecule has 94 heavy (non-hydrogen) atoms. The maximum Gasteiger partial charge on any atom is 0.337 e. The number of hydrogen-bond acceptors (Lipinski definition) is 17. The Morgan fingerprint density at radius 1 is 0.532 bits per heavy atom. The van der Waals surface area contributed by atoms with Crippen LogP contribution in [0, 0.1) is 0 Å². The first kappa shape index (κ1) is 70.1. The van der Waals surface area contributed by atoms with E-state index >= 15 is 0 Å². The molecule has 0 fully saturated rings. The fourth-order valence-electron chi connectivity index (χ4n) is 8.84. The molecule has 26 heteroatoms. The van der Waals surface area contributed by atoms with Gasteiger partial charge in [-0.15, -0.1) is 0 Å². The fraction of sp³-hybridized carbons (Fsp3) is 0.206. The van der Waals surface area contributed by atoms with Crippen LogP contribution in [0.1, 0.15) is 80.3 Å². The largest absolute Gasteiger partial charge is 0.493 e. The van der Waals surface area contributed by atoms with Gasteiger partial charge >= 0.3 is 17.9 Å². The molecule has 12 rings (SSSR count). The van der Waals surface area contributed by atoms with E-state index in [-0.39, 0.29) is 23.4 Å². The Kier molecular flexibility index (Phi) is 27.2. The average molecular weight is 1340 g/mol. The van der Waals surface area contributed by atoms with Gasteiger partial charge in [0.05, 0.1) is 85.2 Å². The highest BCUT2D eigenvalue weighted by Gasteiger charge is 2.18. The second-order valence-electron chi connectivity index (χ2n) is 19.6. The third-order valence-electron chi connectivity index (χ3n) is 13.2. The van der Waals surface area contributed by atoms with Crippen LogP contribution in [-0.4, -0.2) is 148 Å². The lowest BCUT2D eigenvalue weighted by Gasteiger charge is -2.19. The first-order valence-electron chi connectivity index (χ1n) is 29.5. The summed E-state index contributed by atoms with van der Waals surface area (Å²) in [7, 11) is 6.44. The van der Waals surface area contributed by atoms with Crippen LogP contribution in [0.15, 0.2) is 200 Å². The van der Waals surface area contributed by atoms with Crippen molar-refractivity contribution in [3.05, 3.63) is 233 Å². The minimum atomic E-state index is -0.974. The van der Waals surface area contributed by atoms with E-state index < -0.39 is 5.97 Å². The van der Waals surface area contributed by atoms with E-state index in [9.17, 15) is 19.2 Å². The molecule has 0 aliphatic rings. The van der Waals surface area contributed by atoms with E-state index in [0.717, 1.165) is 55.4 Å². The number of methoxy groups -OCH3 is 2. The van der Waals surface area contributed by atoms with Gasteiger partial charge < -0.3 is 43.7 Å². The van der Waals surface area contributed by atoms with E-state index in [4.69, 9.17) is 24.1 Å². The van der Waals surface area contributed by atoms with Crippen molar-refractivity contribution in [2.45, 2.75) is 40.8 Å². The van der Waals surface area contributed by atoms with Crippen molar-refractivity contribution < 1.29 is 52.7 Å². The average Bonchev–Trinajstić information content (AvgIpc) is 1.29. The molecular formula is C68H73BrN14O11. The summed E-state index contributed by atoms with van der Waals surface area (Å²) in [6, 6.07) is 40.0. The van der Waals surface area contributed by atoms with Crippen LogP contribution in [0.25, 0.3) is 38.9 Å². The summed E-state index contributed by atoms with van der Waals surface area (Å²) < 4.78 is 37.2. The number of carboxylic acids is 1. The lowest BCUT2D eigenvalue weighted by Crippen LogP contribution is -2.26. The maximum absolute atomic E-state index is 12.9. The molecule has 6 heterocycles. The summed E-state index contributed by atoms with van der Waals surface area (Å²) in [5.41, 5.74) is 8.39. The van der Waals surface area contributed by atoms with Gasteiger partial charge in [0.2, 0.25) is 0 Å². The zero-order valence-corrected chi connectivity index (χ0v) is 54.7. The van der Waals surface area contributed by atoms with E-state index in [0.29, 0.717) is 72.7 Å². The van der Waals surface area contributed by atoms with Gasteiger partial charge in [0.25, 0.3) is 5.91 Å². The van der Waals surface area contributed by atoms with Crippen LogP contribution >= 0.6 is 15.9 Å². The molecule has 5 N–H and O–H groups in total. The molecular weight excluding hydrogens is 1270 g/mol. The third kappa shape index (κ3) is 20.1. The van der Waals surface area contributed by atoms with Gasteiger partial charge in [-0.2, -0.15) is 30.6 Å². The summed E-state index contributed by atoms with van der Waals surface area (Å²) in [5.74, 6) is 0.594. The highest BCUT2D eigenvalue weighted by Crippen LogP contribution is 2.29. The van der Waals surface area contributed by atoms with Crippen LogP contribution < -0.4 is 24.3 Å². The third-order valence-corrected chi connectivity index (χ3v) is 13.8. The Morgan fingerprint density at radius 2 is 0.968 bits per heavy atom. The summed E-state index contributed by atoms with van der Waals surface area (Å²) in [6.07, 6.45) is 17.6. The van der Waals surface area contributed by atoms with Crippen LogP contribution in [0.2, 0.25) is 0 Å². The maximum atomic E-state index is 12.9. The number of aromatic nitrogens is 12. The predicted octanol–water partition coefficient (Wildman–Crippen LogP) is 11.8. The monoisotopic (exact) mass is 1340 g/mol. The highest BCUT2D eigenvalue weighted by molar-refractivity contribution is 9.10. The zero-order chi connectivity index (χ0) is 67.2. The number of carboxylic acid groups (broad SMARTS) is 1. The zero-order valence-electron chi connectivity index (χ0n) is 53.1. The van der Waals surface area contributed by atoms with Gasteiger partial charge in [-0.3, -0.25) is 20.1 Å². The van der Waals surface area contributed by atoms with E-state index in [2.05, 4.69) is 94.8 Å². The number of nitrogens with one attached hydrogen (secondary N) is 4. The molecule has 0 aliphatic heterocycles. The second kappa shape index (κ2) is 36.5. The molecule has 0 bridgehead atoms. The summed E-state index contributed by atoms with van der Waals surface area (Å²) in [5, 5.41) is 46.8. The summed E-state index contributed by atoms with van der Waals surface area (Å²) in [4.78, 5) is 48.2. The van der Waals surface area contributed by atoms with Gasteiger partial charge in [0, 0.05) is 86.0 Å². The van der Waals surface area contributed by atoms with Crippen molar-refractivity contribution in [1.82, 2.24) is 70.2 Å². The number of carbonyl (C=O) groups is 4. The Labute approximate surface area is 550 Å². The number of aromatic carboxylic acids is 1.